The average Bonchev–Trinajstić information content (AvgIpc) is 2.89. The van der Waals surface area contributed by atoms with Crippen LogP contribution in [0, 0.1) is 5.92 Å². The van der Waals surface area contributed by atoms with Crippen LogP contribution in [0.25, 0.3) is 0 Å². The smallest absolute Gasteiger partial charge is 0.407 e. The maximum atomic E-state index is 12.0. The maximum absolute atomic E-state index is 12.0. The Morgan fingerprint density at radius 1 is 1.43 bits per heavy atom. The molecule has 0 aromatic heterocycles. The lowest BCUT2D eigenvalue weighted by Crippen LogP contribution is -2.68. The van der Waals surface area contributed by atoms with Gasteiger partial charge < -0.3 is 26.2 Å². The zero-order valence-corrected chi connectivity index (χ0v) is 12.1. The first-order valence-corrected chi connectivity index (χ1v) is 7.11. The van der Waals surface area contributed by atoms with E-state index in [9.17, 15) is 24.3 Å². The third-order valence-corrected chi connectivity index (χ3v) is 4.30. The second kappa shape index (κ2) is 5.54. The Hall–Kier alpha value is -2.62. The van der Waals surface area contributed by atoms with Crippen LogP contribution in [0.3, 0.4) is 0 Å². The molecule has 0 aromatic carbocycles. The van der Waals surface area contributed by atoms with E-state index in [0.29, 0.717) is 18.5 Å². The molecule has 0 aromatic rings. The molecule has 3 aliphatic heterocycles. The molecular weight excluding hydrogens is 308 g/mol. The predicted molar refractivity (Wildman–Crippen MR) is 73.7 cm³/mol. The summed E-state index contributed by atoms with van der Waals surface area (Å²) in [6.45, 7) is -0.0175. The van der Waals surface area contributed by atoms with Crippen molar-refractivity contribution in [3.8, 4) is 0 Å². The van der Waals surface area contributed by atoms with Crippen LogP contribution in [0.4, 0.5) is 4.79 Å². The molecule has 0 radical (unpaired) electrons. The van der Waals surface area contributed by atoms with Crippen LogP contribution in [0.2, 0.25) is 0 Å². The molecule has 5 N–H and O–H groups in total. The number of nitrogens with two attached hydrogens (primary N) is 1. The summed E-state index contributed by atoms with van der Waals surface area (Å²) in [7, 11) is 0. The van der Waals surface area contributed by atoms with E-state index in [2.05, 4.69) is 10.6 Å². The summed E-state index contributed by atoms with van der Waals surface area (Å²) in [6, 6.07) is -0.447. The molecule has 3 amide bonds. The van der Waals surface area contributed by atoms with Crippen LogP contribution in [0.1, 0.15) is 6.42 Å². The highest BCUT2D eigenvalue weighted by Crippen LogP contribution is 2.43. The average molecular weight is 324 g/mol. The van der Waals surface area contributed by atoms with E-state index in [1.54, 1.807) is 0 Å². The number of rotatable bonds is 5. The Kier molecular flexibility index (Phi) is 3.68. The number of β-lactam (4-membered cyclic amide) rings is 1. The number of nitrogens with zero attached hydrogens (tertiary/aromatic N) is 1. The molecule has 10 nitrogen and oxygen atoms in total. The highest BCUT2D eigenvalue weighted by Gasteiger charge is 2.59. The quantitative estimate of drug-likeness (QED) is 0.417. The molecule has 0 saturated carbocycles. The van der Waals surface area contributed by atoms with E-state index in [-0.39, 0.29) is 42.8 Å². The van der Waals surface area contributed by atoms with Crippen molar-refractivity contribution < 1.29 is 29.0 Å². The lowest BCUT2D eigenvalue weighted by molar-refractivity contribution is -0.153. The second-order valence-corrected chi connectivity index (χ2v) is 5.70. The van der Waals surface area contributed by atoms with Crippen molar-refractivity contribution in [3.05, 3.63) is 11.3 Å². The summed E-state index contributed by atoms with van der Waals surface area (Å²) >= 11 is 0. The third-order valence-electron chi connectivity index (χ3n) is 4.30. The van der Waals surface area contributed by atoms with Crippen molar-refractivity contribution >= 4 is 23.9 Å². The lowest BCUT2D eigenvalue weighted by Gasteiger charge is -2.48. The SMILES string of the molecule is NC(=O)CNC(=O)OCC1=C(C(=O)O)N2C(=O)[C@H]3NC[C@@H](C1)[C@H]32. The fourth-order valence-electron chi connectivity index (χ4n) is 3.38. The largest absolute Gasteiger partial charge is 0.477 e. The number of alkyl carbamates (subject to hydrolysis) is 1. The minimum Gasteiger partial charge on any atom is -0.477 e. The first-order valence-electron chi connectivity index (χ1n) is 7.11. The first kappa shape index (κ1) is 15.3. The summed E-state index contributed by atoms with van der Waals surface area (Å²) in [5, 5.41) is 14.6. The van der Waals surface area contributed by atoms with Gasteiger partial charge in [-0.3, -0.25) is 14.5 Å². The molecule has 23 heavy (non-hydrogen) atoms. The lowest BCUT2D eigenvalue weighted by atomic mass is 9.79. The molecule has 0 spiro atoms. The maximum Gasteiger partial charge on any atom is 0.407 e. The van der Waals surface area contributed by atoms with Crippen LogP contribution in [0.5, 0.6) is 0 Å². The van der Waals surface area contributed by atoms with E-state index < -0.39 is 18.0 Å². The van der Waals surface area contributed by atoms with Gasteiger partial charge >= 0.3 is 12.1 Å². The number of primary amides is 1. The number of aliphatic carboxylic acids is 1. The summed E-state index contributed by atoms with van der Waals surface area (Å²) in [6.07, 6.45) is -0.441. The van der Waals surface area contributed by atoms with Gasteiger partial charge in [-0.2, -0.15) is 0 Å². The van der Waals surface area contributed by atoms with Crippen molar-refractivity contribution in [2.24, 2.45) is 11.7 Å². The third kappa shape index (κ3) is 2.50. The number of hydrogen-bond acceptors (Lipinski definition) is 6. The summed E-state index contributed by atoms with van der Waals surface area (Å²) in [5.41, 5.74) is 5.16. The highest BCUT2D eigenvalue weighted by molar-refractivity contribution is 6.00. The fraction of sp³-hybridized carbons (Fsp3) is 0.538. The van der Waals surface area contributed by atoms with Gasteiger partial charge in [0.25, 0.3) is 0 Å². The Bertz CT molecular complexity index is 630. The number of carbonyl (C=O) groups excluding carboxylic acids is 3. The van der Waals surface area contributed by atoms with Gasteiger partial charge in [-0.1, -0.05) is 0 Å². The molecule has 3 aliphatic rings. The molecule has 3 rings (SSSR count). The number of amides is 3. The van der Waals surface area contributed by atoms with Gasteiger partial charge in [0.15, 0.2) is 0 Å². The minimum atomic E-state index is -1.22. The molecule has 10 heteroatoms. The van der Waals surface area contributed by atoms with Gasteiger partial charge in [-0.05, 0) is 17.9 Å². The van der Waals surface area contributed by atoms with E-state index in [1.807, 2.05) is 0 Å². The van der Waals surface area contributed by atoms with Crippen LogP contribution < -0.4 is 16.4 Å². The Morgan fingerprint density at radius 3 is 2.83 bits per heavy atom. The van der Waals surface area contributed by atoms with Gasteiger partial charge in [0.05, 0.1) is 12.6 Å². The monoisotopic (exact) mass is 324 g/mol. The van der Waals surface area contributed by atoms with Crippen molar-refractivity contribution in [3.63, 3.8) is 0 Å². The number of ether oxygens (including phenoxy) is 1. The van der Waals surface area contributed by atoms with E-state index in [0.717, 1.165) is 0 Å². The highest BCUT2D eigenvalue weighted by atomic mass is 16.5. The topological polar surface area (TPSA) is 151 Å². The van der Waals surface area contributed by atoms with E-state index >= 15 is 0 Å². The summed E-state index contributed by atoms with van der Waals surface area (Å²) in [5.74, 6) is -2.11. The van der Waals surface area contributed by atoms with Gasteiger partial charge in [0, 0.05) is 6.54 Å². The summed E-state index contributed by atoms with van der Waals surface area (Å²) in [4.78, 5) is 46.8. The van der Waals surface area contributed by atoms with Crippen molar-refractivity contribution in [1.29, 1.82) is 0 Å². The molecule has 0 aliphatic carbocycles. The number of carboxylic acids is 1. The van der Waals surface area contributed by atoms with E-state index in [1.165, 1.54) is 4.90 Å². The van der Waals surface area contributed by atoms with E-state index in [4.69, 9.17) is 10.5 Å². The number of nitrogens with one attached hydrogen (secondary N) is 2. The van der Waals surface area contributed by atoms with Crippen molar-refractivity contribution in [2.75, 3.05) is 19.7 Å². The summed E-state index contributed by atoms with van der Waals surface area (Å²) < 4.78 is 4.92. The van der Waals surface area contributed by atoms with Crippen LogP contribution in [-0.2, 0) is 19.1 Å². The Labute approximate surface area is 130 Å². The van der Waals surface area contributed by atoms with Crippen molar-refractivity contribution in [1.82, 2.24) is 15.5 Å². The Morgan fingerprint density at radius 2 is 2.17 bits per heavy atom. The van der Waals surface area contributed by atoms with Crippen LogP contribution >= 0.6 is 0 Å². The number of carbonyl (C=O) groups is 4. The second-order valence-electron chi connectivity index (χ2n) is 5.70. The molecule has 3 heterocycles. The molecule has 3 atom stereocenters. The van der Waals surface area contributed by atoms with Crippen molar-refractivity contribution in [2.45, 2.75) is 18.5 Å². The first-order chi connectivity index (χ1) is 10.9. The molecule has 0 bridgehead atoms. The standard InChI is InChI=1S/C13H16N4O6/c14-7(18)3-16-13(22)23-4-6-1-5-2-15-8-9(5)17(11(8)19)10(6)12(20)21/h5,8-9,15H,1-4H2,(H2,14,18)(H,16,22)(H,20,21)/t5-,8+,9-/m1/s1. The molecule has 0 unspecified atom stereocenters. The molecular formula is C13H16N4O6. The molecule has 124 valence electrons. The minimum absolute atomic E-state index is 0.105. The van der Waals surface area contributed by atoms with Gasteiger partial charge in [-0.25, -0.2) is 9.59 Å². The number of carboxylic acid groups (broad SMARTS) is 1. The number of hydrogen-bond donors (Lipinski definition) is 4. The molecule has 2 saturated heterocycles. The van der Waals surface area contributed by atoms with Gasteiger partial charge in [0.2, 0.25) is 11.8 Å². The Balaban J connectivity index is 1.72. The van der Waals surface area contributed by atoms with Crippen LogP contribution in [-0.4, -0.2) is 65.7 Å². The van der Waals surface area contributed by atoms with Crippen LogP contribution in [0.15, 0.2) is 11.3 Å². The van der Waals surface area contributed by atoms with Gasteiger partial charge in [0.1, 0.15) is 18.3 Å². The normalized spacial score (nSPS) is 28.1. The van der Waals surface area contributed by atoms with Gasteiger partial charge in [-0.15, -0.1) is 0 Å². The zero-order chi connectivity index (χ0) is 16.7. The molecule has 2 fully saturated rings. The predicted octanol–water partition coefficient (Wildman–Crippen LogP) is -2.26. The zero-order valence-electron chi connectivity index (χ0n) is 12.1. The fourth-order valence-corrected chi connectivity index (χ4v) is 3.38.